The van der Waals surface area contributed by atoms with Crippen molar-refractivity contribution in [2.24, 2.45) is 0 Å². The van der Waals surface area contributed by atoms with Gasteiger partial charge < -0.3 is 9.30 Å². The van der Waals surface area contributed by atoms with Crippen LogP contribution in [0.1, 0.15) is 22.3 Å². The van der Waals surface area contributed by atoms with E-state index in [-0.39, 0.29) is 0 Å². The zero-order valence-corrected chi connectivity index (χ0v) is 21.1. The van der Waals surface area contributed by atoms with E-state index in [0.29, 0.717) is 0 Å². The molecule has 1 aliphatic heterocycles. The number of hydrogen-bond acceptors (Lipinski definition) is 1. The van der Waals surface area contributed by atoms with Crippen LogP contribution in [0.25, 0.3) is 38.6 Å². The molecule has 0 amide bonds. The Balaban J connectivity index is 1.45. The smallest absolute Gasteiger partial charge is 0.159 e. The highest BCUT2D eigenvalue weighted by Crippen LogP contribution is 2.61. The fourth-order valence-electron chi connectivity index (χ4n) is 7.20. The highest BCUT2D eigenvalue weighted by atomic mass is 16.5. The van der Waals surface area contributed by atoms with Crippen molar-refractivity contribution in [2.75, 3.05) is 0 Å². The molecule has 2 aliphatic rings. The number of aromatic nitrogens is 1. The van der Waals surface area contributed by atoms with Crippen LogP contribution in [-0.2, 0) is 5.41 Å². The van der Waals surface area contributed by atoms with Crippen molar-refractivity contribution in [3.8, 4) is 28.3 Å². The second-order valence-electron chi connectivity index (χ2n) is 10.5. The van der Waals surface area contributed by atoms with Crippen molar-refractivity contribution in [1.82, 2.24) is 4.57 Å². The van der Waals surface area contributed by atoms with E-state index < -0.39 is 5.41 Å². The van der Waals surface area contributed by atoms with Crippen molar-refractivity contribution < 1.29 is 4.74 Å². The Morgan fingerprint density at radius 1 is 0.513 bits per heavy atom. The van der Waals surface area contributed by atoms with Gasteiger partial charge >= 0.3 is 0 Å². The van der Waals surface area contributed by atoms with Crippen LogP contribution in [0.4, 0.5) is 0 Å². The van der Waals surface area contributed by atoms with Gasteiger partial charge in [-0.3, -0.25) is 0 Å². The van der Waals surface area contributed by atoms with Crippen LogP contribution in [0.3, 0.4) is 0 Å². The molecule has 0 fully saturated rings. The topological polar surface area (TPSA) is 14.2 Å². The summed E-state index contributed by atoms with van der Waals surface area (Å²) in [7, 11) is 0. The van der Waals surface area contributed by atoms with Crippen LogP contribution in [0.5, 0.6) is 11.5 Å². The van der Waals surface area contributed by atoms with Crippen LogP contribution < -0.4 is 4.74 Å². The summed E-state index contributed by atoms with van der Waals surface area (Å²) in [6.45, 7) is 0. The first kappa shape index (κ1) is 20.9. The van der Waals surface area contributed by atoms with E-state index in [0.717, 1.165) is 22.7 Å². The number of hydrogen-bond donors (Lipinski definition) is 0. The largest absolute Gasteiger partial charge is 0.452 e. The highest BCUT2D eigenvalue weighted by Gasteiger charge is 2.48. The van der Waals surface area contributed by atoms with E-state index in [4.69, 9.17) is 4.74 Å². The van der Waals surface area contributed by atoms with Crippen molar-refractivity contribution in [2.45, 2.75) is 5.41 Å². The average Bonchev–Trinajstić information content (AvgIpc) is 3.51. The van der Waals surface area contributed by atoms with E-state index in [2.05, 4.69) is 144 Å². The van der Waals surface area contributed by atoms with Gasteiger partial charge in [0.05, 0.1) is 22.1 Å². The van der Waals surface area contributed by atoms with Gasteiger partial charge in [-0.2, -0.15) is 0 Å². The molecule has 2 nitrogen and oxygen atoms in total. The lowest BCUT2D eigenvalue weighted by atomic mass is 9.67. The maximum Gasteiger partial charge on any atom is 0.159 e. The van der Waals surface area contributed by atoms with Gasteiger partial charge in [-0.1, -0.05) is 121 Å². The summed E-state index contributed by atoms with van der Waals surface area (Å²) < 4.78 is 9.32. The number of ether oxygens (including phenoxy) is 1. The van der Waals surface area contributed by atoms with Gasteiger partial charge in [0, 0.05) is 16.3 Å². The highest BCUT2D eigenvalue weighted by molar-refractivity contribution is 6.12. The molecule has 7 aromatic rings. The maximum absolute atomic E-state index is 6.92. The molecule has 0 N–H and O–H groups in total. The third-order valence-corrected chi connectivity index (χ3v) is 8.67. The lowest BCUT2D eigenvalue weighted by Gasteiger charge is -2.34. The van der Waals surface area contributed by atoms with Gasteiger partial charge in [0.2, 0.25) is 0 Å². The fourth-order valence-corrected chi connectivity index (χ4v) is 7.20. The summed E-state index contributed by atoms with van der Waals surface area (Å²) in [4.78, 5) is 0. The predicted molar refractivity (Wildman–Crippen MR) is 158 cm³/mol. The zero-order valence-electron chi connectivity index (χ0n) is 21.1. The van der Waals surface area contributed by atoms with Crippen LogP contribution in [0.15, 0.2) is 140 Å². The van der Waals surface area contributed by atoms with Gasteiger partial charge in [-0.15, -0.1) is 0 Å². The van der Waals surface area contributed by atoms with Gasteiger partial charge in [-0.25, -0.2) is 0 Å². The summed E-state index contributed by atoms with van der Waals surface area (Å²) in [5.41, 5.74) is 10.4. The Hall–Kier alpha value is -5.08. The number of benzene rings is 6. The second-order valence-corrected chi connectivity index (χ2v) is 10.5. The van der Waals surface area contributed by atoms with Gasteiger partial charge in [0.15, 0.2) is 11.5 Å². The molecule has 0 unspecified atom stereocenters. The molecule has 6 aromatic carbocycles. The summed E-state index contributed by atoms with van der Waals surface area (Å²) >= 11 is 0. The van der Waals surface area contributed by atoms with Crippen LogP contribution in [-0.4, -0.2) is 4.57 Å². The van der Waals surface area contributed by atoms with E-state index in [1.165, 1.54) is 49.7 Å². The molecular formula is C37H23NO. The average molecular weight is 498 g/mol. The Labute approximate surface area is 226 Å². The molecule has 2 heterocycles. The molecule has 0 atom stereocenters. The summed E-state index contributed by atoms with van der Waals surface area (Å²) in [6.07, 6.45) is 0. The monoisotopic (exact) mass is 497 g/mol. The number of nitrogens with zero attached hydrogens (tertiary/aromatic N) is 1. The van der Waals surface area contributed by atoms with E-state index >= 15 is 0 Å². The molecule has 0 saturated carbocycles. The Bertz CT molecular complexity index is 2050. The Kier molecular flexibility index (Phi) is 4.02. The van der Waals surface area contributed by atoms with E-state index in [9.17, 15) is 0 Å². The quantitative estimate of drug-likeness (QED) is 0.232. The summed E-state index contributed by atoms with van der Waals surface area (Å²) in [5.74, 6) is 1.83. The zero-order chi connectivity index (χ0) is 25.6. The minimum Gasteiger partial charge on any atom is -0.452 e. The van der Waals surface area contributed by atoms with Gasteiger partial charge in [-0.05, 0) is 46.0 Å². The lowest BCUT2D eigenvalue weighted by molar-refractivity contribution is 0.477. The Morgan fingerprint density at radius 2 is 1.18 bits per heavy atom. The van der Waals surface area contributed by atoms with E-state index in [1.54, 1.807) is 0 Å². The first-order chi connectivity index (χ1) is 19.4. The van der Waals surface area contributed by atoms with Gasteiger partial charge in [0.25, 0.3) is 0 Å². The second kappa shape index (κ2) is 7.49. The molecule has 1 aliphatic carbocycles. The third kappa shape index (κ3) is 2.51. The first-order valence-electron chi connectivity index (χ1n) is 13.5. The molecule has 39 heavy (non-hydrogen) atoms. The van der Waals surface area contributed by atoms with Crippen molar-refractivity contribution in [3.63, 3.8) is 0 Å². The number of rotatable bonds is 2. The first-order valence-corrected chi connectivity index (χ1v) is 13.5. The summed E-state index contributed by atoms with van der Waals surface area (Å²) in [5, 5.41) is 2.46. The number of fused-ring (bicyclic) bond motifs is 9. The molecule has 2 heteroatoms. The van der Waals surface area contributed by atoms with Crippen molar-refractivity contribution in [3.05, 3.63) is 162 Å². The predicted octanol–water partition coefficient (Wildman–Crippen LogP) is 9.25. The van der Waals surface area contributed by atoms with Crippen molar-refractivity contribution in [1.29, 1.82) is 0 Å². The summed E-state index contributed by atoms with van der Waals surface area (Å²) in [6, 6.07) is 50.4. The normalized spacial score (nSPS) is 14.1. The van der Waals surface area contributed by atoms with Crippen molar-refractivity contribution >= 4 is 21.8 Å². The molecule has 182 valence electrons. The van der Waals surface area contributed by atoms with Crippen LogP contribution in [0, 0.1) is 0 Å². The molecule has 9 rings (SSSR count). The Morgan fingerprint density at radius 3 is 1.97 bits per heavy atom. The third-order valence-electron chi connectivity index (χ3n) is 8.67. The van der Waals surface area contributed by atoms with Crippen LogP contribution >= 0.6 is 0 Å². The molecular weight excluding hydrogens is 474 g/mol. The number of para-hydroxylation sites is 2. The van der Waals surface area contributed by atoms with E-state index in [1.807, 2.05) is 0 Å². The van der Waals surface area contributed by atoms with Crippen LogP contribution in [0.2, 0.25) is 0 Å². The maximum atomic E-state index is 6.92. The minimum atomic E-state index is -0.447. The fraction of sp³-hybridized carbons (Fsp3) is 0.0270. The minimum absolute atomic E-state index is 0.447. The van der Waals surface area contributed by atoms with Gasteiger partial charge in [0.1, 0.15) is 0 Å². The molecule has 0 saturated heterocycles. The standard InChI is InChI=1S/C37H23NO/c1-3-12-24(13-4-1)37(25-14-5-2-6-15-25)29-19-9-7-17-28(29)34-30(37)22-23-32-36(34)39-33-21-11-18-27-26-16-8-10-20-31(26)38(32)35(27)33/h1-23H. The molecule has 0 radical (unpaired) electrons. The molecule has 0 spiro atoms. The lowest BCUT2D eigenvalue weighted by Crippen LogP contribution is -2.28. The SMILES string of the molecule is c1ccc(C2(c3ccccc3)c3ccccc3-c3c2ccc2c3Oc3cccc4c5ccccc5n-2c34)cc1. The molecule has 0 bridgehead atoms. The molecule has 1 aromatic heterocycles.